The summed E-state index contributed by atoms with van der Waals surface area (Å²) in [6, 6.07) is 4.08. The molecule has 1 atom stereocenters. The van der Waals surface area contributed by atoms with Crippen LogP contribution in [0.15, 0.2) is 16.6 Å². The van der Waals surface area contributed by atoms with Crippen LogP contribution in [0.25, 0.3) is 0 Å². The fourth-order valence-electron chi connectivity index (χ4n) is 2.58. The van der Waals surface area contributed by atoms with Gasteiger partial charge in [-0.3, -0.25) is 0 Å². The molecule has 1 aromatic rings. The third-order valence-electron chi connectivity index (χ3n) is 3.53. The molecule has 5 heteroatoms. The number of methoxy groups -OCH3 is 2. The van der Waals surface area contributed by atoms with Crippen LogP contribution in [0.5, 0.6) is 5.75 Å². The monoisotopic (exact) mass is 344 g/mol. The number of ether oxygens (including phenoxy) is 3. The first kappa shape index (κ1) is 15.8. The van der Waals surface area contributed by atoms with Crippen LogP contribution in [0.3, 0.4) is 0 Å². The van der Waals surface area contributed by atoms with Gasteiger partial charge in [0.2, 0.25) is 0 Å². The number of fused-ring (bicyclic) bond motifs is 1. The summed E-state index contributed by atoms with van der Waals surface area (Å²) in [6.07, 6.45) is 1.41. The van der Waals surface area contributed by atoms with Gasteiger partial charge in [-0.2, -0.15) is 0 Å². The van der Waals surface area contributed by atoms with E-state index in [-0.39, 0.29) is 0 Å². The summed E-state index contributed by atoms with van der Waals surface area (Å²) in [5.74, 6) is 0.917. The van der Waals surface area contributed by atoms with Gasteiger partial charge in [0.05, 0.1) is 12.2 Å². The van der Waals surface area contributed by atoms with Crippen molar-refractivity contribution >= 4 is 15.9 Å². The van der Waals surface area contributed by atoms with Gasteiger partial charge < -0.3 is 19.3 Å². The summed E-state index contributed by atoms with van der Waals surface area (Å²) in [6.45, 7) is 2.50. The van der Waals surface area contributed by atoms with Crippen molar-refractivity contribution in [3.05, 3.63) is 27.7 Å². The minimum atomic E-state index is -0.919. The standard InChI is InChI=1S/C15H21BrO4/c1-15(17,9-13(18-2)19-3)8-11-7-12(16)6-10-4-5-20-14(10)11/h6-7,13,17H,4-5,8-9H2,1-3H3. The Kier molecular flexibility index (Phi) is 5.07. The third-order valence-corrected chi connectivity index (χ3v) is 3.99. The lowest BCUT2D eigenvalue weighted by atomic mass is 9.91. The summed E-state index contributed by atoms with van der Waals surface area (Å²) < 4.78 is 17.0. The number of benzene rings is 1. The van der Waals surface area contributed by atoms with Crippen LogP contribution < -0.4 is 4.74 Å². The summed E-state index contributed by atoms with van der Waals surface area (Å²) in [7, 11) is 3.15. The number of rotatable bonds is 6. The van der Waals surface area contributed by atoms with E-state index in [4.69, 9.17) is 14.2 Å². The molecule has 0 fully saturated rings. The molecule has 0 amide bonds. The first-order valence-electron chi connectivity index (χ1n) is 6.67. The first-order valence-corrected chi connectivity index (χ1v) is 7.46. The van der Waals surface area contributed by atoms with E-state index in [0.29, 0.717) is 19.4 Å². The number of aliphatic hydroxyl groups is 1. The molecular formula is C15H21BrO4. The van der Waals surface area contributed by atoms with Crippen molar-refractivity contribution in [3.63, 3.8) is 0 Å². The van der Waals surface area contributed by atoms with Crippen molar-refractivity contribution in [2.45, 2.75) is 38.1 Å². The molecule has 0 aromatic heterocycles. The van der Waals surface area contributed by atoms with E-state index in [0.717, 1.165) is 22.2 Å². The normalized spacial score (nSPS) is 16.9. The fraction of sp³-hybridized carbons (Fsp3) is 0.600. The van der Waals surface area contributed by atoms with Crippen molar-refractivity contribution in [3.8, 4) is 5.75 Å². The first-order chi connectivity index (χ1) is 9.45. The van der Waals surface area contributed by atoms with E-state index in [1.165, 1.54) is 5.56 Å². The minimum absolute atomic E-state index is 0.404. The van der Waals surface area contributed by atoms with Crippen LogP contribution >= 0.6 is 15.9 Å². The van der Waals surface area contributed by atoms with Crippen molar-refractivity contribution in [1.82, 2.24) is 0 Å². The Morgan fingerprint density at radius 1 is 1.40 bits per heavy atom. The number of hydrogen-bond acceptors (Lipinski definition) is 4. The van der Waals surface area contributed by atoms with Crippen LogP contribution in [-0.2, 0) is 22.3 Å². The second kappa shape index (κ2) is 6.43. The lowest BCUT2D eigenvalue weighted by Crippen LogP contribution is -2.34. The molecule has 1 unspecified atom stereocenters. The maximum Gasteiger partial charge on any atom is 0.159 e. The molecule has 1 N–H and O–H groups in total. The molecule has 0 saturated heterocycles. The summed E-state index contributed by atoms with van der Waals surface area (Å²) in [5.41, 5.74) is 1.29. The summed E-state index contributed by atoms with van der Waals surface area (Å²) in [4.78, 5) is 0. The average molecular weight is 345 g/mol. The lowest BCUT2D eigenvalue weighted by molar-refractivity contribution is -0.139. The van der Waals surface area contributed by atoms with Gasteiger partial charge in [-0.15, -0.1) is 0 Å². The van der Waals surface area contributed by atoms with Gasteiger partial charge in [-0.25, -0.2) is 0 Å². The molecule has 112 valence electrons. The Bertz CT molecular complexity index is 469. The Labute approximate surface area is 128 Å². The maximum atomic E-state index is 10.6. The molecule has 4 nitrogen and oxygen atoms in total. The van der Waals surface area contributed by atoms with Gasteiger partial charge in [0, 0.05) is 38.0 Å². The topological polar surface area (TPSA) is 47.9 Å². The lowest BCUT2D eigenvalue weighted by Gasteiger charge is -2.27. The second-order valence-electron chi connectivity index (χ2n) is 5.43. The molecule has 1 heterocycles. The highest BCUT2D eigenvalue weighted by atomic mass is 79.9. The number of hydrogen-bond donors (Lipinski definition) is 1. The van der Waals surface area contributed by atoms with Crippen LogP contribution in [0.2, 0.25) is 0 Å². The average Bonchev–Trinajstić information content (AvgIpc) is 2.83. The van der Waals surface area contributed by atoms with E-state index in [1.807, 2.05) is 6.07 Å². The smallest absolute Gasteiger partial charge is 0.159 e. The van der Waals surface area contributed by atoms with Crippen LogP contribution in [0, 0.1) is 0 Å². The Morgan fingerprint density at radius 2 is 2.10 bits per heavy atom. The van der Waals surface area contributed by atoms with E-state index >= 15 is 0 Å². The number of halogens is 1. The van der Waals surface area contributed by atoms with E-state index in [9.17, 15) is 5.11 Å². The van der Waals surface area contributed by atoms with Crippen molar-refractivity contribution in [2.24, 2.45) is 0 Å². The molecule has 0 bridgehead atoms. The molecule has 0 saturated carbocycles. The Morgan fingerprint density at radius 3 is 2.75 bits per heavy atom. The zero-order valence-corrected chi connectivity index (χ0v) is 13.7. The minimum Gasteiger partial charge on any atom is -0.493 e. The highest BCUT2D eigenvalue weighted by Crippen LogP contribution is 2.35. The molecule has 0 radical (unpaired) electrons. The van der Waals surface area contributed by atoms with E-state index in [2.05, 4.69) is 22.0 Å². The van der Waals surface area contributed by atoms with Gasteiger partial charge in [0.25, 0.3) is 0 Å². The van der Waals surface area contributed by atoms with E-state index in [1.54, 1.807) is 21.1 Å². The SMILES string of the molecule is COC(CC(C)(O)Cc1cc(Br)cc2c1OCC2)OC. The molecule has 1 aromatic carbocycles. The summed E-state index contributed by atoms with van der Waals surface area (Å²) in [5, 5.41) is 10.6. The van der Waals surface area contributed by atoms with Crippen molar-refractivity contribution in [1.29, 1.82) is 0 Å². The van der Waals surface area contributed by atoms with Gasteiger partial charge in [0.15, 0.2) is 6.29 Å². The Balaban J connectivity index is 2.17. The maximum absolute atomic E-state index is 10.6. The zero-order chi connectivity index (χ0) is 14.8. The molecule has 2 rings (SSSR count). The van der Waals surface area contributed by atoms with Crippen LogP contribution in [0.1, 0.15) is 24.5 Å². The highest BCUT2D eigenvalue weighted by Gasteiger charge is 2.29. The summed E-state index contributed by atoms with van der Waals surface area (Å²) >= 11 is 3.51. The van der Waals surface area contributed by atoms with Crippen molar-refractivity contribution in [2.75, 3.05) is 20.8 Å². The fourth-order valence-corrected chi connectivity index (χ4v) is 3.13. The Hall–Kier alpha value is -0.620. The zero-order valence-electron chi connectivity index (χ0n) is 12.1. The molecule has 1 aliphatic rings. The van der Waals surface area contributed by atoms with E-state index < -0.39 is 11.9 Å². The van der Waals surface area contributed by atoms with Crippen molar-refractivity contribution < 1.29 is 19.3 Å². The van der Waals surface area contributed by atoms with Crippen LogP contribution in [0.4, 0.5) is 0 Å². The molecule has 0 aliphatic carbocycles. The largest absolute Gasteiger partial charge is 0.493 e. The van der Waals surface area contributed by atoms with Gasteiger partial charge in [0.1, 0.15) is 5.75 Å². The highest BCUT2D eigenvalue weighted by molar-refractivity contribution is 9.10. The van der Waals surface area contributed by atoms with Gasteiger partial charge >= 0.3 is 0 Å². The molecule has 1 aliphatic heterocycles. The van der Waals surface area contributed by atoms with Gasteiger partial charge in [-0.05, 0) is 30.2 Å². The second-order valence-corrected chi connectivity index (χ2v) is 6.35. The van der Waals surface area contributed by atoms with Crippen LogP contribution in [-0.4, -0.2) is 37.8 Å². The predicted molar refractivity (Wildman–Crippen MR) is 80.1 cm³/mol. The quantitative estimate of drug-likeness (QED) is 0.806. The molecule has 0 spiro atoms. The van der Waals surface area contributed by atoms with Gasteiger partial charge in [-0.1, -0.05) is 15.9 Å². The molecule has 20 heavy (non-hydrogen) atoms. The predicted octanol–water partition coefficient (Wildman–Crippen LogP) is 2.69. The third kappa shape index (κ3) is 3.73. The molecular weight excluding hydrogens is 324 g/mol.